The Morgan fingerprint density at radius 3 is 2.41 bits per heavy atom. The van der Waals surface area contributed by atoms with Crippen molar-refractivity contribution in [2.45, 2.75) is 12.1 Å². The molecule has 144 valence electrons. The molecule has 29 heavy (non-hydrogen) atoms. The predicted octanol–water partition coefficient (Wildman–Crippen LogP) is 4.39. The smallest absolute Gasteiger partial charge is 0.439 e. The van der Waals surface area contributed by atoms with E-state index in [4.69, 9.17) is 4.42 Å². The topological polar surface area (TPSA) is 106 Å². The molecule has 0 fully saturated rings. The molecule has 0 saturated heterocycles. The van der Waals surface area contributed by atoms with Gasteiger partial charge in [0.2, 0.25) is 11.7 Å². The van der Waals surface area contributed by atoms with Crippen molar-refractivity contribution in [2.75, 3.05) is 0 Å². The van der Waals surface area contributed by atoms with Crippen LogP contribution >= 0.6 is 0 Å². The normalized spacial score (nSPS) is 12.6. The Balaban J connectivity index is 1.60. The maximum atomic E-state index is 12.7. The van der Waals surface area contributed by atoms with Gasteiger partial charge in [0, 0.05) is 11.1 Å². The number of benzene rings is 2. The summed E-state index contributed by atoms with van der Waals surface area (Å²) < 4.78 is 47.4. The first kappa shape index (κ1) is 18.4. The van der Waals surface area contributed by atoms with Gasteiger partial charge in [-0.15, -0.1) is 0 Å². The Morgan fingerprint density at radius 2 is 1.79 bits per heavy atom. The van der Waals surface area contributed by atoms with E-state index in [-0.39, 0.29) is 22.8 Å². The molecule has 2 aromatic carbocycles. The van der Waals surface area contributed by atoms with Gasteiger partial charge in [0.1, 0.15) is 5.52 Å². The van der Waals surface area contributed by atoms with E-state index in [1.807, 2.05) is 6.07 Å². The van der Waals surface area contributed by atoms with Gasteiger partial charge >= 0.3 is 12.1 Å². The Kier molecular flexibility index (Phi) is 4.35. The largest absolute Gasteiger partial charge is 0.471 e. The highest BCUT2D eigenvalue weighted by Crippen LogP contribution is 2.30. The average molecular weight is 398 g/mol. The van der Waals surface area contributed by atoms with Gasteiger partial charge in [-0.25, -0.2) is 4.98 Å². The van der Waals surface area contributed by atoms with Crippen LogP contribution in [0, 0.1) is 11.3 Å². The maximum absolute atomic E-state index is 12.7. The van der Waals surface area contributed by atoms with Gasteiger partial charge in [0.15, 0.2) is 17.3 Å². The molecule has 0 aliphatic heterocycles. The van der Waals surface area contributed by atoms with Crippen molar-refractivity contribution >= 4 is 16.9 Å². The van der Waals surface area contributed by atoms with Crippen molar-refractivity contribution in [3.63, 3.8) is 0 Å². The number of ketones is 1. The highest BCUT2D eigenvalue weighted by molar-refractivity contribution is 6.02. The van der Waals surface area contributed by atoms with Gasteiger partial charge in [-0.2, -0.15) is 23.4 Å². The lowest BCUT2D eigenvalue weighted by molar-refractivity contribution is -0.159. The molecule has 0 aliphatic carbocycles. The molecule has 7 nitrogen and oxygen atoms in total. The lowest BCUT2D eigenvalue weighted by Gasteiger charge is -2.05. The number of nitrogens with zero attached hydrogens (tertiary/aromatic N) is 4. The van der Waals surface area contributed by atoms with Crippen LogP contribution in [0.5, 0.6) is 0 Å². The van der Waals surface area contributed by atoms with Crippen LogP contribution in [0.3, 0.4) is 0 Å². The van der Waals surface area contributed by atoms with E-state index in [9.17, 15) is 23.2 Å². The molecule has 4 aromatic rings. The molecule has 0 bridgehead atoms. The number of carbonyl (C=O) groups is 1. The van der Waals surface area contributed by atoms with Crippen molar-refractivity contribution in [1.29, 1.82) is 5.26 Å². The number of hydrogen-bond donors (Lipinski definition) is 0. The van der Waals surface area contributed by atoms with Crippen LogP contribution in [0.1, 0.15) is 28.1 Å². The molecule has 10 heteroatoms. The second kappa shape index (κ2) is 6.87. The monoisotopic (exact) mass is 398 g/mol. The quantitative estimate of drug-likeness (QED) is 0.470. The summed E-state index contributed by atoms with van der Waals surface area (Å²) in [6.45, 7) is 0. The second-order valence-corrected chi connectivity index (χ2v) is 5.94. The minimum atomic E-state index is -4.75. The third-order valence-electron chi connectivity index (χ3n) is 4.04. The predicted molar refractivity (Wildman–Crippen MR) is 91.4 cm³/mol. The first-order valence-corrected chi connectivity index (χ1v) is 8.17. The summed E-state index contributed by atoms with van der Waals surface area (Å²) in [5.41, 5.74) is 1.34. The number of Topliss-reactive ketones (excluding diaryl/α,β-unsaturated/α-hetero) is 1. The number of para-hydroxylation sites is 2. The van der Waals surface area contributed by atoms with Crippen molar-refractivity contribution in [1.82, 2.24) is 15.1 Å². The van der Waals surface area contributed by atoms with Gasteiger partial charge in [0.25, 0.3) is 0 Å². The standard InChI is InChI=1S/C19H9F3N4O3/c20-19(21,22)18-25-16(26-29-18)11-7-5-10(6-8-11)15(27)12(9-23)17-24-13-3-1-2-4-14(13)28-17/h1-8,12H/t12-/m0/s1. The molecule has 2 aromatic heterocycles. The third kappa shape index (κ3) is 3.45. The summed E-state index contributed by atoms with van der Waals surface area (Å²) in [7, 11) is 0. The van der Waals surface area contributed by atoms with Gasteiger partial charge in [-0.1, -0.05) is 41.6 Å². The minimum absolute atomic E-state index is 0.0317. The lowest BCUT2D eigenvalue weighted by atomic mass is 9.98. The van der Waals surface area contributed by atoms with E-state index in [0.717, 1.165) is 0 Å². The molecular formula is C19H9F3N4O3. The lowest BCUT2D eigenvalue weighted by Crippen LogP contribution is -2.11. The van der Waals surface area contributed by atoms with Crippen LogP contribution in [0.4, 0.5) is 13.2 Å². The highest BCUT2D eigenvalue weighted by Gasteiger charge is 2.38. The van der Waals surface area contributed by atoms with Crippen LogP contribution in [0.15, 0.2) is 57.5 Å². The zero-order valence-corrected chi connectivity index (χ0v) is 14.3. The number of nitriles is 1. The van der Waals surface area contributed by atoms with E-state index in [1.165, 1.54) is 24.3 Å². The summed E-state index contributed by atoms with van der Waals surface area (Å²) in [5.74, 6) is -3.60. The third-order valence-corrected chi connectivity index (χ3v) is 4.04. The summed E-state index contributed by atoms with van der Waals surface area (Å²) in [6.07, 6.45) is -4.75. The summed E-state index contributed by atoms with van der Waals surface area (Å²) >= 11 is 0. The van der Waals surface area contributed by atoms with Gasteiger partial charge in [-0.05, 0) is 12.1 Å². The average Bonchev–Trinajstić information content (AvgIpc) is 3.36. The van der Waals surface area contributed by atoms with E-state index < -0.39 is 23.8 Å². The van der Waals surface area contributed by atoms with E-state index >= 15 is 0 Å². The van der Waals surface area contributed by atoms with E-state index in [0.29, 0.717) is 11.1 Å². The highest BCUT2D eigenvalue weighted by atomic mass is 19.4. The Labute approximate surface area is 160 Å². The number of carbonyl (C=O) groups excluding carboxylic acids is 1. The Morgan fingerprint density at radius 1 is 1.07 bits per heavy atom. The molecule has 0 aliphatic rings. The molecule has 0 radical (unpaired) electrons. The van der Waals surface area contributed by atoms with Crippen LogP contribution in [-0.2, 0) is 6.18 Å². The van der Waals surface area contributed by atoms with Gasteiger partial charge in [-0.3, -0.25) is 4.79 Å². The fourth-order valence-corrected chi connectivity index (χ4v) is 2.65. The first-order chi connectivity index (χ1) is 13.9. The molecule has 0 N–H and O–H groups in total. The molecule has 1 atom stereocenters. The molecule has 0 amide bonds. The van der Waals surface area contributed by atoms with Crippen LogP contribution in [0.2, 0.25) is 0 Å². The molecule has 0 saturated carbocycles. The number of alkyl halides is 3. The summed E-state index contributed by atoms with van der Waals surface area (Å²) in [4.78, 5) is 20.2. The minimum Gasteiger partial charge on any atom is -0.439 e. The molecule has 2 heterocycles. The zero-order valence-electron chi connectivity index (χ0n) is 14.3. The molecule has 0 unspecified atom stereocenters. The van der Waals surface area contributed by atoms with Crippen LogP contribution < -0.4 is 0 Å². The van der Waals surface area contributed by atoms with Gasteiger partial charge < -0.3 is 8.94 Å². The van der Waals surface area contributed by atoms with Crippen molar-refractivity contribution < 1.29 is 26.9 Å². The Hall–Kier alpha value is -4.00. The van der Waals surface area contributed by atoms with Crippen LogP contribution in [0.25, 0.3) is 22.5 Å². The number of hydrogen-bond acceptors (Lipinski definition) is 7. The first-order valence-electron chi connectivity index (χ1n) is 8.17. The van der Waals surface area contributed by atoms with Crippen molar-refractivity contribution in [3.05, 3.63) is 65.9 Å². The number of aromatic nitrogens is 3. The maximum Gasteiger partial charge on any atom is 0.471 e. The summed E-state index contributed by atoms with van der Waals surface area (Å²) in [5, 5.41) is 12.7. The molecular weight excluding hydrogens is 389 g/mol. The van der Waals surface area contributed by atoms with Crippen LogP contribution in [-0.4, -0.2) is 20.9 Å². The van der Waals surface area contributed by atoms with Crippen molar-refractivity contribution in [2.24, 2.45) is 0 Å². The number of fused-ring (bicyclic) bond motifs is 1. The van der Waals surface area contributed by atoms with Gasteiger partial charge in [0.05, 0.1) is 6.07 Å². The SMILES string of the molecule is N#C[C@@H](C(=O)c1ccc(-c2noc(C(F)(F)F)n2)cc1)c1nc2ccccc2o1. The number of rotatable bonds is 4. The zero-order chi connectivity index (χ0) is 20.6. The van der Waals surface area contributed by atoms with Crippen molar-refractivity contribution in [3.8, 4) is 17.5 Å². The van der Waals surface area contributed by atoms with E-state index in [2.05, 4.69) is 19.6 Å². The number of halogens is 3. The summed E-state index contributed by atoms with van der Waals surface area (Å²) in [6, 6.07) is 14.1. The second-order valence-electron chi connectivity index (χ2n) is 5.94. The molecule has 0 spiro atoms. The molecule has 4 rings (SSSR count). The van der Waals surface area contributed by atoms with E-state index in [1.54, 1.807) is 24.3 Å². The number of oxazole rings is 1. The Bertz CT molecular complexity index is 1200. The fourth-order valence-electron chi connectivity index (χ4n) is 2.65. The fraction of sp³-hybridized carbons (Fsp3) is 0.105.